The molecule has 2 aromatic carbocycles. The molecule has 5 nitrogen and oxygen atoms in total. The summed E-state index contributed by atoms with van der Waals surface area (Å²) in [5.41, 5.74) is 1.93. The predicted octanol–water partition coefficient (Wildman–Crippen LogP) is 2.67. The second kappa shape index (κ2) is 8.47. The van der Waals surface area contributed by atoms with E-state index >= 15 is 0 Å². The molecule has 1 aliphatic heterocycles. The van der Waals surface area contributed by atoms with Crippen LogP contribution in [0.2, 0.25) is 0 Å². The smallest absolute Gasteiger partial charge is 0.315 e. The maximum absolute atomic E-state index is 12.8. The molecule has 26 heavy (non-hydrogen) atoms. The highest BCUT2D eigenvalue weighted by Gasteiger charge is 2.29. The van der Waals surface area contributed by atoms with Crippen LogP contribution in [0, 0.1) is 11.7 Å². The van der Waals surface area contributed by atoms with Crippen LogP contribution < -0.4 is 10.6 Å². The number of likely N-dealkylation sites (tertiary alicyclic amines) is 1. The van der Waals surface area contributed by atoms with E-state index in [1.54, 1.807) is 12.1 Å². The number of carbonyl (C=O) groups excluding carboxylic acids is 2. The van der Waals surface area contributed by atoms with E-state index in [2.05, 4.69) is 10.6 Å². The summed E-state index contributed by atoms with van der Waals surface area (Å²) < 4.78 is 12.8. The highest BCUT2D eigenvalue weighted by Crippen LogP contribution is 2.19. The number of nitrogens with zero attached hydrogens (tertiary/aromatic N) is 1. The van der Waals surface area contributed by atoms with Crippen LogP contribution in [0.5, 0.6) is 0 Å². The molecule has 0 saturated carbocycles. The highest BCUT2D eigenvalue weighted by atomic mass is 19.1. The van der Waals surface area contributed by atoms with Gasteiger partial charge < -0.3 is 15.5 Å². The summed E-state index contributed by atoms with van der Waals surface area (Å²) in [5, 5.41) is 5.54. The molecule has 3 amide bonds. The average molecular weight is 355 g/mol. The first-order chi connectivity index (χ1) is 12.6. The first kappa shape index (κ1) is 17.9. The van der Waals surface area contributed by atoms with Crippen molar-refractivity contribution in [1.29, 1.82) is 0 Å². The molecule has 2 N–H and O–H groups in total. The number of nitrogens with one attached hydrogen (secondary N) is 2. The zero-order valence-electron chi connectivity index (χ0n) is 14.5. The number of amides is 3. The second-order valence-electron chi connectivity index (χ2n) is 6.52. The van der Waals surface area contributed by atoms with Crippen molar-refractivity contribution in [3.8, 4) is 0 Å². The van der Waals surface area contributed by atoms with Crippen molar-refractivity contribution < 1.29 is 14.0 Å². The Morgan fingerprint density at radius 2 is 1.77 bits per heavy atom. The number of rotatable bonds is 6. The van der Waals surface area contributed by atoms with Gasteiger partial charge in [0.2, 0.25) is 5.91 Å². The van der Waals surface area contributed by atoms with E-state index in [4.69, 9.17) is 0 Å². The Morgan fingerprint density at radius 1 is 1.04 bits per heavy atom. The lowest BCUT2D eigenvalue weighted by Gasteiger charge is -2.17. The van der Waals surface area contributed by atoms with Crippen molar-refractivity contribution in [2.24, 2.45) is 5.92 Å². The Labute approximate surface area is 152 Å². The number of hydrogen-bond acceptors (Lipinski definition) is 2. The van der Waals surface area contributed by atoms with Gasteiger partial charge in [0.25, 0.3) is 0 Å². The lowest BCUT2D eigenvalue weighted by molar-refractivity contribution is -0.128. The lowest BCUT2D eigenvalue weighted by Crippen LogP contribution is -2.38. The fraction of sp³-hybridized carbons (Fsp3) is 0.300. The largest absolute Gasteiger partial charge is 0.338 e. The number of carbonyl (C=O) groups is 2. The normalized spacial score (nSPS) is 16.6. The van der Waals surface area contributed by atoms with Crippen LogP contribution >= 0.6 is 0 Å². The molecular formula is C20H22FN3O2. The minimum Gasteiger partial charge on any atom is -0.338 e. The third kappa shape index (κ3) is 5.05. The topological polar surface area (TPSA) is 61.4 Å². The number of hydrogen-bond donors (Lipinski definition) is 2. The quantitative estimate of drug-likeness (QED) is 0.837. The molecule has 1 saturated heterocycles. The van der Waals surface area contributed by atoms with Crippen molar-refractivity contribution in [3.05, 3.63) is 71.5 Å². The summed E-state index contributed by atoms with van der Waals surface area (Å²) in [4.78, 5) is 25.9. The van der Waals surface area contributed by atoms with E-state index in [1.807, 2.05) is 35.2 Å². The summed E-state index contributed by atoms with van der Waals surface area (Å²) >= 11 is 0. The van der Waals surface area contributed by atoms with Gasteiger partial charge in [-0.1, -0.05) is 42.5 Å². The van der Waals surface area contributed by atoms with Crippen LogP contribution in [-0.4, -0.2) is 29.9 Å². The third-order valence-corrected chi connectivity index (χ3v) is 4.43. The molecule has 0 spiro atoms. The molecule has 136 valence electrons. The van der Waals surface area contributed by atoms with E-state index in [1.165, 1.54) is 12.1 Å². The minimum absolute atomic E-state index is 0.114. The van der Waals surface area contributed by atoms with Gasteiger partial charge >= 0.3 is 6.03 Å². The van der Waals surface area contributed by atoms with Crippen LogP contribution in [-0.2, 0) is 17.9 Å². The number of halogens is 1. The second-order valence-corrected chi connectivity index (χ2v) is 6.52. The van der Waals surface area contributed by atoms with Gasteiger partial charge in [0.05, 0.1) is 0 Å². The SMILES string of the molecule is O=C(NCc1ccc(F)cc1)NCC1CC(=O)N(Cc2ccccc2)C1. The van der Waals surface area contributed by atoms with Crippen molar-refractivity contribution >= 4 is 11.9 Å². The Bertz CT molecular complexity index is 749. The molecule has 2 aromatic rings. The molecular weight excluding hydrogens is 333 g/mol. The molecule has 1 fully saturated rings. The summed E-state index contributed by atoms with van der Waals surface area (Å²) in [6.07, 6.45) is 0.449. The van der Waals surface area contributed by atoms with Gasteiger partial charge in [0.1, 0.15) is 5.82 Å². The summed E-state index contributed by atoms with van der Waals surface area (Å²) in [5.74, 6) is -0.0701. The zero-order valence-corrected chi connectivity index (χ0v) is 14.5. The summed E-state index contributed by atoms with van der Waals surface area (Å²) in [6, 6.07) is 15.6. The predicted molar refractivity (Wildman–Crippen MR) is 96.6 cm³/mol. The molecule has 0 aromatic heterocycles. The fourth-order valence-corrected chi connectivity index (χ4v) is 3.03. The number of benzene rings is 2. The Hall–Kier alpha value is -2.89. The van der Waals surface area contributed by atoms with E-state index in [0.717, 1.165) is 11.1 Å². The first-order valence-corrected chi connectivity index (χ1v) is 8.68. The molecule has 6 heteroatoms. The first-order valence-electron chi connectivity index (χ1n) is 8.68. The van der Waals surface area contributed by atoms with Crippen LogP contribution in [0.3, 0.4) is 0 Å². The van der Waals surface area contributed by atoms with Crippen LogP contribution in [0.4, 0.5) is 9.18 Å². The molecule has 1 unspecified atom stereocenters. The van der Waals surface area contributed by atoms with E-state index in [9.17, 15) is 14.0 Å². The van der Waals surface area contributed by atoms with E-state index in [0.29, 0.717) is 32.6 Å². The molecule has 0 bridgehead atoms. The molecule has 1 atom stereocenters. The number of urea groups is 1. The zero-order chi connectivity index (χ0) is 18.4. The van der Waals surface area contributed by atoms with Crippen molar-refractivity contribution in [3.63, 3.8) is 0 Å². The molecule has 0 aliphatic carbocycles. The van der Waals surface area contributed by atoms with Gasteiger partial charge in [-0.2, -0.15) is 0 Å². The van der Waals surface area contributed by atoms with Gasteiger partial charge in [-0.15, -0.1) is 0 Å². The van der Waals surface area contributed by atoms with E-state index in [-0.39, 0.29) is 23.7 Å². The van der Waals surface area contributed by atoms with Gasteiger partial charge in [0.15, 0.2) is 0 Å². The van der Waals surface area contributed by atoms with Crippen molar-refractivity contribution in [1.82, 2.24) is 15.5 Å². The standard InChI is InChI=1S/C20H22FN3O2/c21-18-8-6-15(7-9-18)11-22-20(26)23-12-17-10-19(25)24(14-17)13-16-4-2-1-3-5-16/h1-9,17H,10-14H2,(H2,22,23,26). The van der Waals surface area contributed by atoms with Crippen LogP contribution in [0.1, 0.15) is 17.5 Å². The monoisotopic (exact) mass is 355 g/mol. The fourth-order valence-electron chi connectivity index (χ4n) is 3.03. The maximum Gasteiger partial charge on any atom is 0.315 e. The highest BCUT2D eigenvalue weighted by molar-refractivity contribution is 5.79. The Kier molecular flexibility index (Phi) is 5.84. The van der Waals surface area contributed by atoms with Gasteiger partial charge in [-0.05, 0) is 23.3 Å². The Morgan fingerprint density at radius 3 is 2.50 bits per heavy atom. The molecule has 0 radical (unpaired) electrons. The van der Waals surface area contributed by atoms with E-state index < -0.39 is 0 Å². The average Bonchev–Trinajstić information content (AvgIpc) is 3.00. The van der Waals surface area contributed by atoms with Gasteiger partial charge in [-0.25, -0.2) is 9.18 Å². The third-order valence-electron chi connectivity index (χ3n) is 4.43. The van der Waals surface area contributed by atoms with Crippen LogP contribution in [0.25, 0.3) is 0 Å². The maximum atomic E-state index is 12.8. The summed E-state index contributed by atoms with van der Waals surface area (Å²) in [6.45, 7) is 2.03. The Balaban J connectivity index is 1.40. The van der Waals surface area contributed by atoms with Gasteiger partial charge in [0, 0.05) is 38.5 Å². The van der Waals surface area contributed by atoms with Gasteiger partial charge in [-0.3, -0.25) is 4.79 Å². The van der Waals surface area contributed by atoms with Crippen molar-refractivity contribution in [2.75, 3.05) is 13.1 Å². The molecule has 3 rings (SSSR count). The summed E-state index contributed by atoms with van der Waals surface area (Å²) in [7, 11) is 0. The molecule has 1 aliphatic rings. The molecule has 1 heterocycles. The van der Waals surface area contributed by atoms with Crippen LogP contribution in [0.15, 0.2) is 54.6 Å². The van der Waals surface area contributed by atoms with Crippen molar-refractivity contribution in [2.45, 2.75) is 19.5 Å². The lowest BCUT2D eigenvalue weighted by atomic mass is 10.1. The minimum atomic E-state index is -0.302.